The molecular formula is C61H37N. The molecule has 0 aliphatic rings. The third-order valence-electron chi connectivity index (χ3n) is 13.3. The van der Waals surface area contributed by atoms with Crippen LogP contribution in [0.2, 0.25) is 0 Å². The maximum absolute atomic E-state index is 4.76. The first kappa shape index (κ1) is 34.7. The van der Waals surface area contributed by atoms with Crippen molar-refractivity contribution in [3.05, 3.63) is 225 Å². The highest BCUT2D eigenvalue weighted by molar-refractivity contribution is 6.28. The molecule has 0 N–H and O–H groups in total. The zero-order chi connectivity index (χ0) is 40.7. The minimum Gasteiger partial charge on any atom is -0.256 e. The minimum atomic E-state index is 1.01. The summed E-state index contributed by atoms with van der Waals surface area (Å²) in [7, 11) is 0. The van der Waals surface area contributed by atoms with Gasteiger partial charge in [0.25, 0.3) is 0 Å². The predicted octanol–water partition coefficient (Wildman–Crippen LogP) is 17.0. The summed E-state index contributed by atoms with van der Waals surface area (Å²) in [5, 5.41) is 18.7. The van der Waals surface area contributed by atoms with Crippen molar-refractivity contribution in [2.75, 3.05) is 0 Å². The molecule has 0 unspecified atom stereocenters. The summed E-state index contributed by atoms with van der Waals surface area (Å²) >= 11 is 0. The summed E-state index contributed by atoms with van der Waals surface area (Å²) < 4.78 is 0. The van der Waals surface area contributed by atoms with Crippen LogP contribution in [-0.4, -0.2) is 4.98 Å². The number of aromatic nitrogens is 1. The van der Waals surface area contributed by atoms with Crippen molar-refractivity contribution >= 4 is 86.3 Å². The summed E-state index contributed by atoms with van der Waals surface area (Å²) in [6, 6.07) is 80.8. The van der Waals surface area contributed by atoms with Crippen molar-refractivity contribution in [2.24, 2.45) is 0 Å². The standard InChI is InChI=1S/C61H37N/c1-3-16-43-41(14-1)35-56(49-22-9-5-18-45(43)49)60-52-24-11-12-25-53(52)61(57-36-42-15-2-4-17-44(42)46-19-6-10-23-50(46)57)58-34-40(31-32-54(58)60)38-27-29-39(30-28-38)55-37-59-51(26-13-33-62-59)47-20-7-8-21-48(47)55/h1-37H. The molecule has 0 radical (unpaired) electrons. The van der Waals surface area contributed by atoms with E-state index in [-0.39, 0.29) is 0 Å². The van der Waals surface area contributed by atoms with Crippen molar-refractivity contribution in [1.29, 1.82) is 0 Å². The number of pyridine rings is 1. The van der Waals surface area contributed by atoms with Gasteiger partial charge in [-0.25, -0.2) is 0 Å². The number of hydrogen-bond donors (Lipinski definition) is 0. The molecule has 1 heterocycles. The van der Waals surface area contributed by atoms with Crippen molar-refractivity contribution in [1.82, 2.24) is 4.98 Å². The highest BCUT2D eigenvalue weighted by Crippen LogP contribution is 2.49. The number of hydrogen-bond acceptors (Lipinski definition) is 1. The van der Waals surface area contributed by atoms with E-state index in [1.165, 1.54) is 125 Å². The Hall–Kier alpha value is -8.13. The molecule has 0 aliphatic carbocycles. The Kier molecular flexibility index (Phi) is 7.67. The molecule has 0 saturated heterocycles. The van der Waals surface area contributed by atoms with Crippen LogP contribution >= 0.6 is 0 Å². The summed E-state index contributed by atoms with van der Waals surface area (Å²) in [5.74, 6) is 0. The van der Waals surface area contributed by atoms with Gasteiger partial charge in [0.1, 0.15) is 0 Å². The Morgan fingerprint density at radius 3 is 1.21 bits per heavy atom. The van der Waals surface area contributed by atoms with Gasteiger partial charge in [-0.1, -0.05) is 188 Å². The van der Waals surface area contributed by atoms with Crippen molar-refractivity contribution in [3.63, 3.8) is 0 Å². The quantitative estimate of drug-likeness (QED) is 0.128. The molecule has 1 nitrogen and oxygen atoms in total. The predicted molar refractivity (Wildman–Crippen MR) is 266 cm³/mol. The fourth-order valence-electron chi connectivity index (χ4n) is 10.5. The average molecular weight is 784 g/mol. The molecule has 0 amide bonds. The minimum absolute atomic E-state index is 1.01. The highest BCUT2D eigenvalue weighted by atomic mass is 14.6. The van der Waals surface area contributed by atoms with E-state index in [9.17, 15) is 0 Å². The first-order valence-corrected chi connectivity index (χ1v) is 21.4. The van der Waals surface area contributed by atoms with E-state index in [1.807, 2.05) is 12.3 Å². The second-order valence-corrected chi connectivity index (χ2v) is 16.6. The topological polar surface area (TPSA) is 12.9 Å². The second kappa shape index (κ2) is 13.7. The molecule has 13 aromatic rings. The van der Waals surface area contributed by atoms with Crippen molar-refractivity contribution < 1.29 is 0 Å². The third-order valence-corrected chi connectivity index (χ3v) is 13.3. The number of benzene rings is 12. The Morgan fingerprint density at radius 1 is 0.226 bits per heavy atom. The van der Waals surface area contributed by atoms with E-state index < -0.39 is 0 Å². The summed E-state index contributed by atoms with van der Waals surface area (Å²) in [6.45, 7) is 0. The van der Waals surface area contributed by atoms with Gasteiger partial charge in [-0.15, -0.1) is 0 Å². The van der Waals surface area contributed by atoms with Crippen LogP contribution < -0.4 is 0 Å². The van der Waals surface area contributed by atoms with E-state index in [2.05, 4.69) is 212 Å². The summed E-state index contributed by atoms with van der Waals surface area (Å²) in [4.78, 5) is 4.76. The van der Waals surface area contributed by atoms with Crippen LogP contribution in [0, 0.1) is 0 Å². The zero-order valence-electron chi connectivity index (χ0n) is 33.8. The van der Waals surface area contributed by atoms with Gasteiger partial charge in [0.2, 0.25) is 0 Å². The Morgan fingerprint density at radius 2 is 0.629 bits per heavy atom. The number of nitrogens with zero attached hydrogens (tertiary/aromatic N) is 1. The van der Waals surface area contributed by atoms with Gasteiger partial charge in [0.15, 0.2) is 0 Å². The van der Waals surface area contributed by atoms with Gasteiger partial charge in [-0.2, -0.15) is 0 Å². The van der Waals surface area contributed by atoms with E-state index in [0.29, 0.717) is 0 Å². The van der Waals surface area contributed by atoms with Crippen LogP contribution in [0.25, 0.3) is 131 Å². The lowest BCUT2D eigenvalue weighted by molar-refractivity contribution is 1.42. The van der Waals surface area contributed by atoms with E-state index >= 15 is 0 Å². The van der Waals surface area contributed by atoms with Gasteiger partial charge in [-0.05, 0) is 150 Å². The molecule has 13 rings (SSSR count). The maximum atomic E-state index is 4.76. The molecular weight excluding hydrogens is 747 g/mol. The SMILES string of the molecule is c1ccc2c(c1)cc(-c1c3ccccc3c(-c3cc4ccccc4c4ccccc34)c3cc(-c4ccc(-c5cc6ncccc6c6ccccc56)cc4)ccc13)c1ccccc12. The molecule has 62 heavy (non-hydrogen) atoms. The molecule has 1 aromatic heterocycles. The Balaban J connectivity index is 1.10. The van der Waals surface area contributed by atoms with E-state index in [0.717, 1.165) is 5.52 Å². The van der Waals surface area contributed by atoms with Crippen molar-refractivity contribution in [3.8, 4) is 44.5 Å². The molecule has 0 bridgehead atoms. The van der Waals surface area contributed by atoms with Crippen LogP contribution in [0.15, 0.2) is 225 Å². The lowest BCUT2D eigenvalue weighted by Gasteiger charge is -2.21. The molecule has 0 aliphatic heterocycles. The first-order chi connectivity index (χ1) is 30.8. The lowest BCUT2D eigenvalue weighted by Crippen LogP contribution is -1.94. The van der Waals surface area contributed by atoms with Gasteiger partial charge in [-0.3, -0.25) is 4.98 Å². The highest BCUT2D eigenvalue weighted by Gasteiger charge is 2.22. The molecule has 1 heteroatoms. The third kappa shape index (κ3) is 5.25. The van der Waals surface area contributed by atoms with Gasteiger partial charge in [0.05, 0.1) is 5.52 Å². The Labute approximate surface area is 358 Å². The molecule has 0 atom stereocenters. The fraction of sp³-hybridized carbons (Fsp3) is 0. The molecule has 0 fully saturated rings. The molecule has 12 aromatic carbocycles. The lowest BCUT2D eigenvalue weighted by atomic mass is 9.81. The van der Waals surface area contributed by atoms with Gasteiger partial charge < -0.3 is 0 Å². The fourth-order valence-corrected chi connectivity index (χ4v) is 10.5. The van der Waals surface area contributed by atoms with Crippen LogP contribution in [-0.2, 0) is 0 Å². The number of fused-ring (bicyclic) bond motifs is 11. The van der Waals surface area contributed by atoms with E-state index in [1.54, 1.807) is 0 Å². The largest absolute Gasteiger partial charge is 0.256 e. The summed E-state index contributed by atoms with van der Waals surface area (Å²) in [6.07, 6.45) is 1.88. The van der Waals surface area contributed by atoms with E-state index in [4.69, 9.17) is 4.98 Å². The van der Waals surface area contributed by atoms with Crippen LogP contribution in [0.5, 0.6) is 0 Å². The first-order valence-electron chi connectivity index (χ1n) is 21.4. The maximum Gasteiger partial charge on any atom is 0.0714 e. The molecule has 0 spiro atoms. The van der Waals surface area contributed by atoms with Gasteiger partial charge >= 0.3 is 0 Å². The summed E-state index contributed by atoms with van der Waals surface area (Å²) in [5.41, 5.74) is 10.8. The normalized spacial score (nSPS) is 11.9. The Bertz CT molecular complexity index is 3970. The van der Waals surface area contributed by atoms with Crippen LogP contribution in [0.4, 0.5) is 0 Å². The monoisotopic (exact) mass is 783 g/mol. The van der Waals surface area contributed by atoms with Crippen molar-refractivity contribution in [2.45, 2.75) is 0 Å². The molecule has 0 saturated carbocycles. The molecule has 286 valence electrons. The average Bonchev–Trinajstić information content (AvgIpc) is 3.35. The second-order valence-electron chi connectivity index (χ2n) is 16.6. The smallest absolute Gasteiger partial charge is 0.0714 e. The van der Waals surface area contributed by atoms with Crippen LogP contribution in [0.1, 0.15) is 0 Å². The van der Waals surface area contributed by atoms with Crippen LogP contribution in [0.3, 0.4) is 0 Å². The zero-order valence-corrected chi connectivity index (χ0v) is 33.8. The number of rotatable bonds is 4. The van der Waals surface area contributed by atoms with Gasteiger partial charge in [0, 0.05) is 11.6 Å².